The Morgan fingerprint density at radius 2 is 1.64 bits per heavy atom. The van der Waals surface area contributed by atoms with Crippen LogP contribution in [0, 0.1) is 0 Å². The van der Waals surface area contributed by atoms with Crippen LogP contribution in [-0.4, -0.2) is 24.5 Å². The van der Waals surface area contributed by atoms with E-state index in [0.29, 0.717) is 29.2 Å². The molecule has 150 valence electrons. The van der Waals surface area contributed by atoms with Gasteiger partial charge in [-0.25, -0.2) is 0 Å². The van der Waals surface area contributed by atoms with Gasteiger partial charge in [0.15, 0.2) is 0 Å². The Morgan fingerprint density at radius 3 is 2.32 bits per heavy atom. The lowest BCUT2D eigenvalue weighted by molar-refractivity contribution is 0.0942. The van der Waals surface area contributed by atoms with Gasteiger partial charge >= 0.3 is 0 Å². The first-order chi connectivity index (χ1) is 13.5. The van der Waals surface area contributed by atoms with Crippen molar-refractivity contribution in [2.75, 3.05) is 11.9 Å². The quantitative estimate of drug-likeness (QED) is 0.566. The molecule has 0 saturated carbocycles. The summed E-state index contributed by atoms with van der Waals surface area (Å²) in [6, 6.07) is 14.2. The van der Waals surface area contributed by atoms with Crippen LogP contribution >= 0.6 is 0 Å². The van der Waals surface area contributed by atoms with E-state index in [4.69, 9.17) is 4.74 Å². The van der Waals surface area contributed by atoms with Crippen molar-refractivity contribution in [3.8, 4) is 5.75 Å². The van der Waals surface area contributed by atoms with E-state index in [2.05, 4.69) is 17.6 Å². The second-order valence-corrected chi connectivity index (χ2v) is 7.06. The molecule has 0 aliphatic carbocycles. The summed E-state index contributed by atoms with van der Waals surface area (Å²) in [5.74, 6) is 0.225. The van der Waals surface area contributed by atoms with E-state index < -0.39 is 0 Å². The highest BCUT2D eigenvalue weighted by Crippen LogP contribution is 2.20. The number of nitrogens with one attached hydrogen (secondary N) is 2. The van der Waals surface area contributed by atoms with Crippen LogP contribution in [0.3, 0.4) is 0 Å². The molecule has 0 aliphatic rings. The molecule has 2 amide bonds. The normalized spacial score (nSPS) is 10.6. The van der Waals surface area contributed by atoms with Crippen LogP contribution < -0.4 is 15.4 Å². The highest BCUT2D eigenvalue weighted by molar-refractivity contribution is 6.06. The van der Waals surface area contributed by atoms with Gasteiger partial charge in [-0.3, -0.25) is 9.59 Å². The monoisotopic (exact) mass is 382 g/mol. The van der Waals surface area contributed by atoms with Gasteiger partial charge in [-0.1, -0.05) is 38.3 Å². The van der Waals surface area contributed by atoms with E-state index in [1.807, 2.05) is 32.0 Å². The topological polar surface area (TPSA) is 67.4 Å². The van der Waals surface area contributed by atoms with Gasteiger partial charge in [0.25, 0.3) is 11.8 Å². The fourth-order valence-electron chi connectivity index (χ4n) is 2.74. The number of para-hydroxylation sites is 1. The Kier molecular flexibility index (Phi) is 8.53. The average Bonchev–Trinajstić information content (AvgIpc) is 2.68. The molecule has 0 saturated heterocycles. The van der Waals surface area contributed by atoms with E-state index in [-0.39, 0.29) is 17.9 Å². The lowest BCUT2D eigenvalue weighted by atomic mass is 10.1. The maximum atomic E-state index is 12.7. The number of carbonyl (C=O) groups excluding carboxylic acids is 2. The fourth-order valence-corrected chi connectivity index (χ4v) is 2.74. The van der Waals surface area contributed by atoms with Gasteiger partial charge in [0, 0.05) is 17.3 Å². The lowest BCUT2D eigenvalue weighted by Gasteiger charge is -2.12. The van der Waals surface area contributed by atoms with Crippen LogP contribution in [0.15, 0.2) is 48.5 Å². The van der Waals surface area contributed by atoms with Crippen LogP contribution in [-0.2, 0) is 0 Å². The Morgan fingerprint density at radius 1 is 0.929 bits per heavy atom. The van der Waals surface area contributed by atoms with Gasteiger partial charge in [0.05, 0.1) is 12.2 Å². The van der Waals surface area contributed by atoms with Crippen LogP contribution in [0.25, 0.3) is 0 Å². The first kappa shape index (κ1) is 21.5. The van der Waals surface area contributed by atoms with Gasteiger partial charge in [0.1, 0.15) is 5.75 Å². The van der Waals surface area contributed by atoms with Gasteiger partial charge < -0.3 is 15.4 Å². The predicted octanol–water partition coefficient (Wildman–Crippen LogP) is 5.04. The highest BCUT2D eigenvalue weighted by Gasteiger charge is 2.13. The maximum absolute atomic E-state index is 12.7. The molecular formula is C23H30N2O3. The number of hydrogen-bond donors (Lipinski definition) is 2. The average molecular weight is 383 g/mol. The van der Waals surface area contributed by atoms with Crippen molar-refractivity contribution in [1.82, 2.24) is 5.32 Å². The summed E-state index contributed by atoms with van der Waals surface area (Å²) in [7, 11) is 0. The van der Waals surface area contributed by atoms with Crippen LogP contribution in [0.4, 0.5) is 5.69 Å². The zero-order valence-corrected chi connectivity index (χ0v) is 17.0. The number of benzene rings is 2. The highest BCUT2D eigenvalue weighted by atomic mass is 16.5. The summed E-state index contributed by atoms with van der Waals surface area (Å²) in [6.07, 6.45) is 4.47. The van der Waals surface area contributed by atoms with Crippen molar-refractivity contribution in [3.63, 3.8) is 0 Å². The third kappa shape index (κ3) is 6.72. The molecule has 0 radical (unpaired) electrons. The molecule has 0 spiro atoms. The Bertz CT molecular complexity index is 770. The SMILES string of the molecule is CCCCCCOc1ccccc1C(=O)Nc1ccc(C(=O)NC(C)C)cc1. The van der Waals surface area contributed by atoms with Crippen molar-refractivity contribution in [3.05, 3.63) is 59.7 Å². The summed E-state index contributed by atoms with van der Waals surface area (Å²) < 4.78 is 5.82. The van der Waals surface area contributed by atoms with Gasteiger partial charge in [-0.15, -0.1) is 0 Å². The first-order valence-corrected chi connectivity index (χ1v) is 9.95. The fraction of sp³-hybridized carbons (Fsp3) is 0.391. The van der Waals surface area contributed by atoms with Gasteiger partial charge in [0.2, 0.25) is 0 Å². The van der Waals surface area contributed by atoms with Crippen molar-refractivity contribution in [2.24, 2.45) is 0 Å². The van der Waals surface area contributed by atoms with Gasteiger partial charge in [-0.2, -0.15) is 0 Å². The zero-order valence-electron chi connectivity index (χ0n) is 17.0. The zero-order chi connectivity index (χ0) is 20.4. The largest absolute Gasteiger partial charge is 0.493 e. The summed E-state index contributed by atoms with van der Waals surface area (Å²) in [5, 5.41) is 5.71. The molecule has 2 aromatic rings. The second kappa shape index (κ2) is 11.1. The Labute approximate surface area is 167 Å². The van der Waals surface area contributed by atoms with Crippen molar-refractivity contribution < 1.29 is 14.3 Å². The van der Waals surface area contributed by atoms with Crippen molar-refractivity contribution in [2.45, 2.75) is 52.5 Å². The Hall–Kier alpha value is -2.82. The van der Waals surface area contributed by atoms with E-state index in [1.165, 1.54) is 12.8 Å². The van der Waals surface area contributed by atoms with Crippen molar-refractivity contribution >= 4 is 17.5 Å². The summed E-state index contributed by atoms with van der Waals surface area (Å²) in [4.78, 5) is 24.7. The molecule has 0 unspecified atom stereocenters. The molecule has 5 heteroatoms. The van der Waals surface area contributed by atoms with Crippen LogP contribution in [0.2, 0.25) is 0 Å². The number of carbonyl (C=O) groups is 2. The number of amides is 2. The number of ether oxygens (including phenoxy) is 1. The first-order valence-electron chi connectivity index (χ1n) is 9.95. The standard InChI is InChI=1S/C23H30N2O3/c1-4-5-6-9-16-28-21-11-8-7-10-20(21)23(27)25-19-14-12-18(13-15-19)22(26)24-17(2)3/h7-8,10-15,17H,4-6,9,16H2,1-3H3,(H,24,26)(H,25,27). The van der Waals surface area contributed by atoms with E-state index >= 15 is 0 Å². The Balaban J connectivity index is 1.98. The second-order valence-electron chi connectivity index (χ2n) is 7.06. The molecule has 0 atom stereocenters. The minimum Gasteiger partial charge on any atom is -0.493 e. The molecule has 0 aromatic heterocycles. The third-order valence-electron chi connectivity index (χ3n) is 4.21. The van der Waals surface area contributed by atoms with E-state index in [9.17, 15) is 9.59 Å². The molecule has 2 N–H and O–H groups in total. The van der Waals surface area contributed by atoms with E-state index in [1.54, 1.807) is 30.3 Å². The minimum absolute atomic E-state index is 0.0744. The van der Waals surface area contributed by atoms with E-state index in [0.717, 1.165) is 12.8 Å². The molecule has 0 bridgehead atoms. The van der Waals surface area contributed by atoms with Gasteiger partial charge in [-0.05, 0) is 56.7 Å². The number of unbranched alkanes of at least 4 members (excludes halogenated alkanes) is 3. The molecular weight excluding hydrogens is 352 g/mol. The molecule has 2 rings (SSSR count). The molecule has 0 fully saturated rings. The summed E-state index contributed by atoms with van der Waals surface area (Å²) in [5.41, 5.74) is 1.69. The molecule has 2 aromatic carbocycles. The van der Waals surface area contributed by atoms with Crippen molar-refractivity contribution in [1.29, 1.82) is 0 Å². The van der Waals surface area contributed by atoms with Crippen LogP contribution in [0.1, 0.15) is 67.2 Å². The predicted molar refractivity (Wildman–Crippen MR) is 113 cm³/mol. The molecule has 28 heavy (non-hydrogen) atoms. The maximum Gasteiger partial charge on any atom is 0.259 e. The lowest BCUT2D eigenvalue weighted by Crippen LogP contribution is -2.30. The molecule has 0 heterocycles. The van der Waals surface area contributed by atoms with Crippen LogP contribution in [0.5, 0.6) is 5.75 Å². The smallest absolute Gasteiger partial charge is 0.259 e. The third-order valence-corrected chi connectivity index (χ3v) is 4.21. The molecule has 5 nitrogen and oxygen atoms in total. The number of hydrogen-bond acceptors (Lipinski definition) is 3. The minimum atomic E-state index is -0.233. The number of anilines is 1. The summed E-state index contributed by atoms with van der Waals surface area (Å²) in [6.45, 7) is 6.60. The molecule has 0 aliphatic heterocycles. The summed E-state index contributed by atoms with van der Waals surface area (Å²) >= 11 is 0. The number of rotatable bonds is 10.